The summed E-state index contributed by atoms with van der Waals surface area (Å²) < 4.78 is 5.34. The number of carbonyl (C=O) groups excluding carboxylic acids is 3. The molecule has 1 saturated heterocycles. The van der Waals surface area contributed by atoms with Crippen LogP contribution in [0.1, 0.15) is 27.2 Å². The molecule has 1 atom stereocenters. The Balaban J connectivity index is 2.22. The molecule has 7 heteroatoms. The van der Waals surface area contributed by atoms with Gasteiger partial charge in [-0.3, -0.25) is 9.69 Å². The minimum Gasteiger partial charge on any atom is -0.444 e. The molecule has 2 rings (SSSR count). The van der Waals surface area contributed by atoms with Crippen molar-refractivity contribution in [2.24, 2.45) is 0 Å². The Kier molecular flexibility index (Phi) is 5.49. The van der Waals surface area contributed by atoms with Gasteiger partial charge < -0.3 is 14.4 Å². The molecular weight excluding hydrogens is 332 g/mol. The van der Waals surface area contributed by atoms with Gasteiger partial charge in [0.15, 0.2) is 0 Å². The number of nitrogens with zero attached hydrogens (tertiary/aromatic N) is 2. The van der Waals surface area contributed by atoms with E-state index in [0.717, 1.165) is 6.29 Å². The molecule has 1 aliphatic heterocycles. The average molecular weight is 353 g/mol. The molecule has 2 amide bonds. The molecule has 1 unspecified atom stereocenters. The zero-order valence-electron chi connectivity index (χ0n) is 14.0. The van der Waals surface area contributed by atoms with E-state index in [1.165, 1.54) is 4.90 Å². The number of halogens is 1. The minimum absolute atomic E-state index is 0.129. The zero-order valence-corrected chi connectivity index (χ0v) is 14.7. The third kappa shape index (κ3) is 4.47. The zero-order chi connectivity index (χ0) is 17.9. The molecule has 1 heterocycles. The first-order chi connectivity index (χ1) is 11.2. The van der Waals surface area contributed by atoms with Crippen LogP contribution in [0.15, 0.2) is 24.3 Å². The van der Waals surface area contributed by atoms with Gasteiger partial charge in [0.25, 0.3) is 0 Å². The molecule has 1 aliphatic rings. The van der Waals surface area contributed by atoms with Crippen LogP contribution >= 0.6 is 11.6 Å². The number of benzene rings is 1. The van der Waals surface area contributed by atoms with Crippen LogP contribution < -0.4 is 4.90 Å². The molecule has 6 nitrogen and oxygen atoms in total. The monoisotopic (exact) mass is 352 g/mol. The Hall–Kier alpha value is -2.08. The van der Waals surface area contributed by atoms with Gasteiger partial charge in [-0.1, -0.05) is 17.7 Å². The fourth-order valence-corrected chi connectivity index (χ4v) is 2.70. The Bertz CT molecular complexity index is 642. The normalized spacial score (nSPS) is 18.5. The maximum absolute atomic E-state index is 12.5. The van der Waals surface area contributed by atoms with Crippen molar-refractivity contribution < 1.29 is 19.1 Å². The summed E-state index contributed by atoms with van der Waals surface area (Å²) in [4.78, 5) is 38.7. The molecule has 0 aromatic heterocycles. The molecule has 0 spiro atoms. The molecule has 0 aliphatic carbocycles. The van der Waals surface area contributed by atoms with Crippen LogP contribution in [0.4, 0.5) is 10.5 Å². The van der Waals surface area contributed by atoms with Crippen LogP contribution in [0.3, 0.4) is 0 Å². The SMILES string of the molecule is CC(C)(C)OC(=O)N1CC(=O)N(c2cccc(Cl)c2)CC1CC=O. The third-order valence-corrected chi connectivity index (χ3v) is 3.79. The summed E-state index contributed by atoms with van der Waals surface area (Å²) in [6.07, 6.45) is 0.283. The van der Waals surface area contributed by atoms with Crippen molar-refractivity contribution in [2.75, 3.05) is 18.0 Å². The van der Waals surface area contributed by atoms with E-state index < -0.39 is 17.7 Å². The van der Waals surface area contributed by atoms with Crippen molar-refractivity contribution in [3.8, 4) is 0 Å². The van der Waals surface area contributed by atoms with E-state index >= 15 is 0 Å². The van der Waals surface area contributed by atoms with Gasteiger partial charge in [-0.25, -0.2) is 4.79 Å². The van der Waals surface area contributed by atoms with E-state index in [1.807, 2.05) is 0 Å². The summed E-state index contributed by atoms with van der Waals surface area (Å²) in [6, 6.07) is 6.48. The first-order valence-electron chi connectivity index (χ1n) is 7.70. The number of hydrogen-bond acceptors (Lipinski definition) is 4. The quantitative estimate of drug-likeness (QED) is 0.784. The number of piperazine rings is 1. The van der Waals surface area contributed by atoms with Crippen molar-refractivity contribution in [3.05, 3.63) is 29.3 Å². The largest absolute Gasteiger partial charge is 0.444 e. The van der Waals surface area contributed by atoms with E-state index in [-0.39, 0.29) is 25.4 Å². The lowest BCUT2D eigenvalue weighted by Gasteiger charge is -2.40. The number of ether oxygens (including phenoxy) is 1. The van der Waals surface area contributed by atoms with Crippen LogP contribution in [-0.2, 0) is 14.3 Å². The Labute approximate surface area is 146 Å². The van der Waals surface area contributed by atoms with Gasteiger partial charge in [0, 0.05) is 23.7 Å². The van der Waals surface area contributed by atoms with E-state index in [1.54, 1.807) is 49.9 Å². The molecule has 0 bridgehead atoms. The molecule has 1 aromatic carbocycles. The lowest BCUT2D eigenvalue weighted by molar-refractivity contribution is -0.123. The molecule has 1 fully saturated rings. The fourth-order valence-electron chi connectivity index (χ4n) is 2.51. The lowest BCUT2D eigenvalue weighted by atomic mass is 10.1. The molecular formula is C17H21ClN2O4. The molecule has 0 radical (unpaired) electrons. The summed E-state index contributed by atoms with van der Waals surface area (Å²) >= 11 is 5.98. The van der Waals surface area contributed by atoms with Gasteiger partial charge in [0.1, 0.15) is 18.4 Å². The van der Waals surface area contributed by atoms with Gasteiger partial charge in [0.05, 0.1) is 6.04 Å². The highest BCUT2D eigenvalue weighted by atomic mass is 35.5. The maximum Gasteiger partial charge on any atom is 0.411 e. The molecule has 0 saturated carbocycles. The Morgan fingerprint density at radius 2 is 2.12 bits per heavy atom. The lowest BCUT2D eigenvalue weighted by Crippen LogP contribution is -2.59. The number of hydrogen-bond donors (Lipinski definition) is 0. The number of aldehydes is 1. The highest BCUT2D eigenvalue weighted by molar-refractivity contribution is 6.30. The number of anilines is 1. The van der Waals surface area contributed by atoms with Gasteiger partial charge >= 0.3 is 6.09 Å². The predicted molar refractivity (Wildman–Crippen MR) is 91.2 cm³/mol. The fraction of sp³-hybridized carbons (Fsp3) is 0.471. The van der Waals surface area contributed by atoms with Crippen LogP contribution in [-0.4, -0.2) is 47.9 Å². The first kappa shape index (κ1) is 18.3. The van der Waals surface area contributed by atoms with Gasteiger partial charge in [-0.15, -0.1) is 0 Å². The van der Waals surface area contributed by atoms with E-state index in [4.69, 9.17) is 16.3 Å². The second-order valence-corrected chi connectivity index (χ2v) is 7.09. The van der Waals surface area contributed by atoms with Gasteiger partial charge in [-0.05, 0) is 39.0 Å². The number of rotatable bonds is 3. The maximum atomic E-state index is 12.5. The van der Waals surface area contributed by atoms with Crippen LogP contribution in [0.2, 0.25) is 5.02 Å². The Morgan fingerprint density at radius 1 is 1.42 bits per heavy atom. The van der Waals surface area contributed by atoms with Gasteiger partial charge in [0.2, 0.25) is 5.91 Å². The summed E-state index contributed by atoms with van der Waals surface area (Å²) in [5, 5.41) is 0.516. The average Bonchev–Trinajstić information content (AvgIpc) is 2.47. The van der Waals surface area contributed by atoms with Crippen molar-refractivity contribution in [2.45, 2.75) is 38.8 Å². The molecule has 24 heavy (non-hydrogen) atoms. The van der Waals surface area contributed by atoms with Crippen LogP contribution in [0.25, 0.3) is 0 Å². The summed E-state index contributed by atoms with van der Waals surface area (Å²) in [5.41, 5.74) is -0.0251. The highest BCUT2D eigenvalue weighted by Gasteiger charge is 2.37. The van der Waals surface area contributed by atoms with Crippen molar-refractivity contribution in [1.82, 2.24) is 4.90 Å². The topological polar surface area (TPSA) is 66.9 Å². The predicted octanol–water partition coefficient (Wildman–Crippen LogP) is 2.88. The van der Waals surface area contributed by atoms with Gasteiger partial charge in [-0.2, -0.15) is 0 Å². The Morgan fingerprint density at radius 3 is 2.71 bits per heavy atom. The first-order valence-corrected chi connectivity index (χ1v) is 8.08. The van der Waals surface area contributed by atoms with Crippen LogP contribution in [0, 0.1) is 0 Å². The van der Waals surface area contributed by atoms with E-state index in [2.05, 4.69) is 0 Å². The number of carbonyl (C=O) groups is 3. The minimum atomic E-state index is -0.671. The van der Waals surface area contributed by atoms with Crippen molar-refractivity contribution in [1.29, 1.82) is 0 Å². The molecule has 1 aromatic rings. The highest BCUT2D eigenvalue weighted by Crippen LogP contribution is 2.25. The molecule has 130 valence electrons. The second kappa shape index (κ2) is 7.21. The van der Waals surface area contributed by atoms with Crippen molar-refractivity contribution in [3.63, 3.8) is 0 Å². The summed E-state index contributed by atoms with van der Waals surface area (Å²) in [6.45, 7) is 5.34. The second-order valence-electron chi connectivity index (χ2n) is 6.65. The summed E-state index contributed by atoms with van der Waals surface area (Å²) in [7, 11) is 0. The number of amides is 2. The van der Waals surface area contributed by atoms with Crippen LogP contribution in [0.5, 0.6) is 0 Å². The summed E-state index contributed by atoms with van der Waals surface area (Å²) in [5.74, 6) is -0.245. The van der Waals surface area contributed by atoms with E-state index in [9.17, 15) is 14.4 Å². The standard InChI is InChI=1S/C17H21ClN2O4/c1-17(2,3)24-16(23)20-11-15(22)19(10-14(20)7-8-21)13-6-4-5-12(18)9-13/h4-6,8-9,14H,7,10-11H2,1-3H3. The van der Waals surface area contributed by atoms with Crippen molar-refractivity contribution >= 4 is 35.6 Å². The smallest absolute Gasteiger partial charge is 0.411 e. The third-order valence-electron chi connectivity index (χ3n) is 3.56. The molecule has 0 N–H and O–H groups in total. The van der Waals surface area contributed by atoms with E-state index in [0.29, 0.717) is 10.7 Å².